The number of ether oxygens (including phenoxy) is 2. The van der Waals surface area contributed by atoms with Gasteiger partial charge in [-0.25, -0.2) is 0 Å². The predicted octanol–water partition coefficient (Wildman–Crippen LogP) is 4.18. The van der Waals surface area contributed by atoms with Gasteiger partial charge in [-0.15, -0.1) is 0 Å². The molecule has 4 nitrogen and oxygen atoms in total. The summed E-state index contributed by atoms with van der Waals surface area (Å²) >= 11 is 0. The van der Waals surface area contributed by atoms with Gasteiger partial charge in [0, 0.05) is 19.6 Å². The standard InChI is InChI=1S/C23H32N2O2/c1-4-26-21-12-11-19(17-22(21)27-5-2)23(20-10-7-6-9-18(20)3)25-15-8-13-24-14-16-25/h6-7,9-12,17,23-24H,4-5,8,13-16H2,1-3H3. The minimum atomic E-state index is 0.223. The second-order valence-electron chi connectivity index (χ2n) is 6.97. The Kier molecular flexibility index (Phi) is 7.13. The average Bonchev–Trinajstić information content (AvgIpc) is 2.95. The van der Waals surface area contributed by atoms with Gasteiger partial charge >= 0.3 is 0 Å². The van der Waals surface area contributed by atoms with Crippen LogP contribution in [0.5, 0.6) is 11.5 Å². The molecule has 0 radical (unpaired) electrons. The number of nitrogens with one attached hydrogen (secondary N) is 1. The summed E-state index contributed by atoms with van der Waals surface area (Å²) in [6, 6.07) is 15.4. The van der Waals surface area contributed by atoms with Crippen LogP contribution in [0.1, 0.15) is 43.0 Å². The van der Waals surface area contributed by atoms with Gasteiger partial charge in [0.25, 0.3) is 0 Å². The summed E-state index contributed by atoms with van der Waals surface area (Å²) in [6.45, 7) is 11.7. The number of benzene rings is 2. The first kappa shape index (κ1) is 19.7. The monoisotopic (exact) mass is 368 g/mol. The highest BCUT2D eigenvalue weighted by Crippen LogP contribution is 2.36. The first-order valence-electron chi connectivity index (χ1n) is 10.1. The summed E-state index contributed by atoms with van der Waals surface area (Å²) in [6.07, 6.45) is 1.16. The summed E-state index contributed by atoms with van der Waals surface area (Å²) in [5, 5.41) is 3.52. The SMILES string of the molecule is CCOc1ccc(C(c2ccccc2C)N2CCCNCC2)cc1OCC. The minimum Gasteiger partial charge on any atom is -0.490 e. The molecule has 1 fully saturated rings. The number of hydrogen-bond acceptors (Lipinski definition) is 4. The molecule has 1 saturated heterocycles. The van der Waals surface area contributed by atoms with E-state index in [4.69, 9.17) is 9.47 Å². The Morgan fingerprint density at radius 2 is 1.74 bits per heavy atom. The molecule has 1 aliphatic rings. The van der Waals surface area contributed by atoms with Crippen LogP contribution in [-0.4, -0.2) is 44.3 Å². The van der Waals surface area contributed by atoms with Crippen molar-refractivity contribution in [2.75, 3.05) is 39.4 Å². The van der Waals surface area contributed by atoms with E-state index in [2.05, 4.69) is 59.6 Å². The quantitative estimate of drug-likeness (QED) is 0.795. The van der Waals surface area contributed by atoms with Crippen LogP contribution in [0.2, 0.25) is 0 Å². The van der Waals surface area contributed by atoms with Gasteiger partial charge in [0.1, 0.15) is 0 Å². The van der Waals surface area contributed by atoms with Crippen LogP contribution in [-0.2, 0) is 0 Å². The highest BCUT2D eigenvalue weighted by Gasteiger charge is 2.25. The van der Waals surface area contributed by atoms with Crippen molar-refractivity contribution in [1.29, 1.82) is 0 Å². The van der Waals surface area contributed by atoms with E-state index in [9.17, 15) is 0 Å². The second-order valence-corrected chi connectivity index (χ2v) is 6.97. The predicted molar refractivity (Wildman–Crippen MR) is 111 cm³/mol. The normalized spacial score (nSPS) is 16.6. The molecule has 2 aromatic rings. The van der Waals surface area contributed by atoms with E-state index in [1.165, 1.54) is 16.7 Å². The molecule has 1 unspecified atom stereocenters. The summed E-state index contributed by atoms with van der Waals surface area (Å²) < 4.78 is 11.7. The van der Waals surface area contributed by atoms with Gasteiger partial charge in [-0.3, -0.25) is 4.90 Å². The zero-order chi connectivity index (χ0) is 19.1. The van der Waals surface area contributed by atoms with E-state index < -0.39 is 0 Å². The lowest BCUT2D eigenvalue weighted by Gasteiger charge is -2.32. The Labute approximate surface area is 163 Å². The minimum absolute atomic E-state index is 0.223. The fourth-order valence-electron chi connectivity index (χ4n) is 3.84. The Bertz CT molecular complexity index is 724. The van der Waals surface area contributed by atoms with Gasteiger partial charge in [-0.05, 0) is 62.6 Å². The van der Waals surface area contributed by atoms with Crippen LogP contribution in [0.4, 0.5) is 0 Å². The molecule has 4 heteroatoms. The van der Waals surface area contributed by atoms with E-state index in [1.807, 2.05) is 13.8 Å². The molecule has 0 amide bonds. The van der Waals surface area contributed by atoms with Crippen LogP contribution in [0.15, 0.2) is 42.5 Å². The number of rotatable bonds is 7. The zero-order valence-electron chi connectivity index (χ0n) is 16.8. The van der Waals surface area contributed by atoms with Gasteiger partial charge in [-0.2, -0.15) is 0 Å². The van der Waals surface area contributed by atoms with Crippen molar-refractivity contribution >= 4 is 0 Å². The molecule has 3 rings (SSSR count). The Balaban J connectivity index is 2.04. The molecule has 0 aliphatic carbocycles. The van der Waals surface area contributed by atoms with E-state index in [0.717, 1.165) is 44.1 Å². The maximum atomic E-state index is 5.90. The van der Waals surface area contributed by atoms with Gasteiger partial charge in [0.2, 0.25) is 0 Å². The summed E-state index contributed by atoms with van der Waals surface area (Å²) in [4.78, 5) is 2.59. The van der Waals surface area contributed by atoms with E-state index in [0.29, 0.717) is 13.2 Å². The molecule has 0 bridgehead atoms. The highest BCUT2D eigenvalue weighted by atomic mass is 16.5. The average molecular weight is 369 g/mol. The Morgan fingerprint density at radius 3 is 2.52 bits per heavy atom. The fourth-order valence-corrected chi connectivity index (χ4v) is 3.84. The third-order valence-corrected chi connectivity index (χ3v) is 5.11. The van der Waals surface area contributed by atoms with E-state index in [-0.39, 0.29) is 6.04 Å². The lowest BCUT2D eigenvalue weighted by molar-refractivity contribution is 0.238. The smallest absolute Gasteiger partial charge is 0.161 e. The van der Waals surface area contributed by atoms with Crippen LogP contribution in [0.3, 0.4) is 0 Å². The molecule has 1 heterocycles. The van der Waals surface area contributed by atoms with Gasteiger partial charge < -0.3 is 14.8 Å². The van der Waals surface area contributed by atoms with Crippen molar-refractivity contribution in [2.24, 2.45) is 0 Å². The number of aryl methyl sites for hydroxylation is 1. The molecular weight excluding hydrogens is 336 g/mol. The zero-order valence-corrected chi connectivity index (χ0v) is 16.8. The lowest BCUT2D eigenvalue weighted by Crippen LogP contribution is -2.33. The third kappa shape index (κ3) is 4.82. The number of nitrogens with zero attached hydrogens (tertiary/aromatic N) is 1. The van der Waals surface area contributed by atoms with Crippen molar-refractivity contribution in [3.8, 4) is 11.5 Å². The lowest BCUT2D eigenvalue weighted by atomic mass is 9.93. The molecule has 0 spiro atoms. The summed E-state index contributed by atoms with van der Waals surface area (Å²) in [5.74, 6) is 1.66. The van der Waals surface area contributed by atoms with Gasteiger partial charge in [0.15, 0.2) is 11.5 Å². The van der Waals surface area contributed by atoms with Crippen LogP contribution >= 0.6 is 0 Å². The molecule has 146 valence electrons. The molecule has 0 saturated carbocycles. The van der Waals surface area contributed by atoms with Crippen molar-refractivity contribution in [1.82, 2.24) is 10.2 Å². The van der Waals surface area contributed by atoms with Gasteiger partial charge in [-0.1, -0.05) is 30.3 Å². The highest BCUT2D eigenvalue weighted by molar-refractivity contribution is 5.47. The largest absolute Gasteiger partial charge is 0.490 e. The topological polar surface area (TPSA) is 33.7 Å². The molecule has 1 atom stereocenters. The first-order valence-corrected chi connectivity index (χ1v) is 10.1. The summed E-state index contributed by atoms with van der Waals surface area (Å²) in [5.41, 5.74) is 3.95. The maximum absolute atomic E-state index is 5.90. The third-order valence-electron chi connectivity index (χ3n) is 5.11. The van der Waals surface area contributed by atoms with Crippen LogP contribution in [0, 0.1) is 6.92 Å². The molecule has 27 heavy (non-hydrogen) atoms. The van der Waals surface area contributed by atoms with Crippen LogP contribution in [0.25, 0.3) is 0 Å². The second kappa shape index (κ2) is 9.77. The molecule has 2 aromatic carbocycles. The summed E-state index contributed by atoms with van der Waals surface area (Å²) in [7, 11) is 0. The fraction of sp³-hybridized carbons (Fsp3) is 0.478. The van der Waals surface area contributed by atoms with E-state index >= 15 is 0 Å². The van der Waals surface area contributed by atoms with Crippen molar-refractivity contribution in [2.45, 2.75) is 33.2 Å². The number of hydrogen-bond donors (Lipinski definition) is 1. The van der Waals surface area contributed by atoms with Gasteiger partial charge in [0.05, 0.1) is 19.3 Å². The maximum Gasteiger partial charge on any atom is 0.161 e. The van der Waals surface area contributed by atoms with E-state index in [1.54, 1.807) is 0 Å². The van der Waals surface area contributed by atoms with Crippen LogP contribution < -0.4 is 14.8 Å². The Morgan fingerprint density at radius 1 is 0.963 bits per heavy atom. The molecule has 1 N–H and O–H groups in total. The van der Waals surface area contributed by atoms with Crippen molar-refractivity contribution < 1.29 is 9.47 Å². The Hall–Kier alpha value is -2.04. The van der Waals surface area contributed by atoms with Crippen molar-refractivity contribution in [3.05, 3.63) is 59.2 Å². The van der Waals surface area contributed by atoms with Crippen molar-refractivity contribution in [3.63, 3.8) is 0 Å². The molecule has 0 aromatic heterocycles. The molecular formula is C23H32N2O2. The molecule has 1 aliphatic heterocycles. The first-order chi connectivity index (χ1) is 13.2.